The van der Waals surface area contributed by atoms with Crippen molar-refractivity contribution in [2.75, 3.05) is 32.2 Å². The lowest BCUT2D eigenvalue weighted by Gasteiger charge is -2.24. The number of benzene rings is 1. The summed E-state index contributed by atoms with van der Waals surface area (Å²) in [7, 11) is 2.97. The molecule has 2 aromatic rings. The average Bonchev–Trinajstić information content (AvgIpc) is 3.43. The molecule has 1 saturated carbocycles. The number of nitrogens with two attached hydrogens (primary N) is 1. The van der Waals surface area contributed by atoms with Gasteiger partial charge in [-0.25, -0.2) is 9.18 Å². The largest absolute Gasteiger partial charge is 0.492 e. The van der Waals surface area contributed by atoms with Gasteiger partial charge in [0.1, 0.15) is 11.3 Å². The Hall–Kier alpha value is -2.36. The molecular formula is C19H23ClFN3O5. The number of methoxy groups -OCH3 is 2. The van der Waals surface area contributed by atoms with Gasteiger partial charge in [0.05, 0.1) is 30.2 Å². The van der Waals surface area contributed by atoms with Crippen molar-refractivity contribution < 1.29 is 23.8 Å². The first-order valence-electron chi connectivity index (χ1n) is 9.09. The molecule has 158 valence electrons. The molecule has 2 atom stereocenters. The second-order valence-corrected chi connectivity index (χ2v) is 7.29. The van der Waals surface area contributed by atoms with Crippen molar-refractivity contribution in [3.63, 3.8) is 0 Å². The molecule has 0 bridgehead atoms. The van der Waals surface area contributed by atoms with Gasteiger partial charge in [0.15, 0.2) is 11.6 Å². The van der Waals surface area contributed by atoms with Gasteiger partial charge in [0, 0.05) is 32.4 Å². The number of halogens is 2. The van der Waals surface area contributed by atoms with Gasteiger partial charge in [0.2, 0.25) is 5.43 Å². The van der Waals surface area contributed by atoms with E-state index >= 15 is 4.39 Å². The molecule has 1 saturated heterocycles. The Morgan fingerprint density at radius 3 is 2.52 bits per heavy atom. The van der Waals surface area contributed by atoms with Gasteiger partial charge in [-0.1, -0.05) is 0 Å². The van der Waals surface area contributed by atoms with Crippen molar-refractivity contribution in [2.24, 2.45) is 5.73 Å². The van der Waals surface area contributed by atoms with Gasteiger partial charge >= 0.3 is 5.97 Å². The van der Waals surface area contributed by atoms with Crippen LogP contribution >= 0.6 is 12.4 Å². The van der Waals surface area contributed by atoms with Crippen LogP contribution in [0.15, 0.2) is 17.1 Å². The molecular weight excluding hydrogens is 405 g/mol. The molecule has 0 amide bonds. The van der Waals surface area contributed by atoms with E-state index in [2.05, 4.69) is 0 Å². The summed E-state index contributed by atoms with van der Waals surface area (Å²) in [4.78, 5) is 26.0. The zero-order valence-corrected chi connectivity index (χ0v) is 16.9. The quantitative estimate of drug-likeness (QED) is 0.748. The second kappa shape index (κ2) is 7.81. The van der Waals surface area contributed by atoms with Crippen LogP contribution in [-0.4, -0.2) is 55.1 Å². The fraction of sp³-hybridized carbons (Fsp3) is 0.474. The van der Waals surface area contributed by atoms with Crippen LogP contribution in [0.2, 0.25) is 0 Å². The molecule has 1 aromatic heterocycles. The summed E-state index contributed by atoms with van der Waals surface area (Å²) in [6, 6.07) is 0.873. The van der Waals surface area contributed by atoms with Crippen molar-refractivity contribution in [1.82, 2.24) is 4.57 Å². The Bertz CT molecular complexity index is 1020. The standard InChI is InChI=1S/C19H22FN3O5.ClH/c1-27-14-8-22(7-13(14)21)16-12(20)5-10-15(18(16)28-2)23(9-3-4-9)6-11(17(10)24)19(25)26;/h5-6,9,13-14H,3-4,7-8,21H2,1-2H3,(H,25,26);1H/t13-,14+;/m0./s1. The fourth-order valence-electron chi connectivity index (χ4n) is 3.96. The summed E-state index contributed by atoms with van der Waals surface area (Å²) in [5.74, 6) is -1.78. The Balaban J connectivity index is 0.00000240. The zero-order chi connectivity index (χ0) is 20.2. The number of hydrogen-bond acceptors (Lipinski definition) is 6. The van der Waals surface area contributed by atoms with E-state index in [0.29, 0.717) is 18.6 Å². The SMILES string of the molecule is COc1c(N2C[C@H](N)[C@H](OC)C2)c(F)cc2c(=O)c(C(=O)O)cn(C3CC3)c12.Cl. The number of aromatic nitrogens is 1. The van der Waals surface area contributed by atoms with E-state index in [4.69, 9.17) is 15.2 Å². The molecule has 0 radical (unpaired) electrons. The lowest BCUT2D eigenvalue weighted by molar-refractivity contribution is 0.0694. The molecule has 4 rings (SSSR count). The summed E-state index contributed by atoms with van der Waals surface area (Å²) in [6.07, 6.45) is 2.79. The number of rotatable bonds is 5. The number of ether oxygens (including phenoxy) is 2. The van der Waals surface area contributed by atoms with E-state index in [1.807, 2.05) is 0 Å². The first-order chi connectivity index (χ1) is 13.4. The predicted octanol–water partition coefficient (Wildman–Crippen LogP) is 1.77. The number of fused-ring (bicyclic) bond motifs is 1. The van der Waals surface area contributed by atoms with Gasteiger partial charge in [-0.15, -0.1) is 12.4 Å². The summed E-state index contributed by atoms with van der Waals surface area (Å²) < 4.78 is 27.8. The van der Waals surface area contributed by atoms with Gasteiger partial charge in [-0.3, -0.25) is 4.79 Å². The number of nitrogens with zero attached hydrogens (tertiary/aromatic N) is 2. The van der Waals surface area contributed by atoms with Crippen molar-refractivity contribution in [1.29, 1.82) is 0 Å². The minimum Gasteiger partial charge on any atom is -0.492 e. The Kier molecular flexibility index (Phi) is 5.75. The summed E-state index contributed by atoms with van der Waals surface area (Å²) in [5.41, 5.74) is 5.60. The van der Waals surface area contributed by atoms with Crippen molar-refractivity contribution in [3.05, 3.63) is 33.9 Å². The third kappa shape index (κ3) is 3.43. The highest BCUT2D eigenvalue weighted by atomic mass is 35.5. The van der Waals surface area contributed by atoms with E-state index in [9.17, 15) is 14.7 Å². The molecule has 3 N–H and O–H groups in total. The highest BCUT2D eigenvalue weighted by Crippen LogP contribution is 2.44. The number of hydrogen-bond donors (Lipinski definition) is 2. The van der Waals surface area contributed by atoms with Crippen LogP contribution in [0.4, 0.5) is 10.1 Å². The number of anilines is 1. The topological polar surface area (TPSA) is 107 Å². The van der Waals surface area contributed by atoms with Crippen molar-refractivity contribution in [2.45, 2.75) is 31.0 Å². The fourth-order valence-corrected chi connectivity index (χ4v) is 3.96. The zero-order valence-electron chi connectivity index (χ0n) is 16.1. The third-order valence-electron chi connectivity index (χ3n) is 5.50. The molecule has 1 aromatic carbocycles. The molecule has 29 heavy (non-hydrogen) atoms. The maximum atomic E-state index is 15.1. The number of carboxylic acid groups (broad SMARTS) is 1. The van der Waals surface area contributed by atoms with Crippen LogP contribution in [0, 0.1) is 5.82 Å². The normalized spacial score (nSPS) is 21.3. The first kappa shape index (κ1) is 21.4. The van der Waals surface area contributed by atoms with Crippen LogP contribution in [0.3, 0.4) is 0 Å². The smallest absolute Gasteiger partial charge is 0.341 e. The molecule has 2 aliphatic rings. The van der Waals surface area contributed by atoms with Gasteiger partial charge in [-0.05, 0) is 18.9 Å². The van der Waals surface area contributed by atoms with Crippen molar-refractivity contribution >= 4 is 35.0 Å². The van der Waals surface area contributed by atoms with E-state index in [1.54, 1.807) is 16.6 Å². The van der Waals surface area contributed by atoms with Gasteiger partial charge in [0.25, 0.3) is 0 Å². The molecule has 1 aliphatic heterocycles. The highest BCUT2D eigenvalue weighted by molar-refractivity contribution is 5.97. The molecule has 0 spiro atoms. The average molecular weight is 428 g/mol. The van der Waals surface area contributed by atoms with E-state index < -0.39 is 17.2 Å². The lowest BCUT2D eigenvalue weighted by atomic mass is 10.1. The number of carboxylic acids is 1. The predicted molar refractivity (Wildman–Crippen MR) is 108 cm³/mol. The van der Waals surface area contributed by atoms with Crippen LogP contribution in [0.1, 0.15) is 29.2 Å². The number of aromatic carboxylic acids is 1. The molecule has 0 unspecified atom stereocenters. The van der Waals surface area contributed by atoms with E-state index in [0.717, 1.165) is 18.9 Å². The maximum Gasteiger partial charge on any atom is 0.341 e. The molecule has 8 nitrogen and oxygen atoms in total. The van der Waals surface area contributed by atoms with E-state index in [1.165, 1.54) is 13.3 Å². The summed E-state index contributed by atoms with van der Waals surface area (Å²) >= 11 is 0. The Morgan fingerprint density at radius 2 is 2.00 bits per heavy atom. The molecule has 2 heterocycles. The van der Waals surface area contributed by atoms with Crippen LogP contribution in [-0.2, 0) is 4.74 Å². The van der Waals surface area contributed by atoms with E-state index in [-0.39, 0.29) is 53.0 Å². The van der Waals surface area contributed by atoms with Gasteiger partial charge < -0.3 is 29.8 Å². The summed E-state index contributed by atoms with van der Waals surface area (Å²) in [5, 5.41) is 9.38. The Morgan fingerprint density at radius 1 is 1.31 bits per heavy atom. The van der Waals surface area contributed by atoms with Crippen LogP contribution in [0.5, 0.6) is 5.75 Å². The summed E-state index contributed by atoms with van der Waals surface area (Å²) in [6.45, 7) is 0.759. The minimum absolute atomic E-state index is 0. The molecule has 2 fully saturated rings. The molecule has 10 heteroatoms. The second-order valence-electron chi connectivity index (χ2n) is 7.29. The lowest BCUT2D eigenvalue weighted by Crippen LogP contribution is -2.34. The monoisotopic (exact) mass is 427 g/mol. The molecule has 1 aliphatic carbocycles. The highest BCUT2D eigenvalue weighted by Gasteiger charge is 2.36. The van der Waals surface area contributed by atoms with Crippen LogP contribution in [0.25, 0.3) is 10.9 Å². The number of pyridine rings is 1. The maximum absolute atomic E-state index is 15.1. The first-order valence-corrected chi connectivity index (χ1v) is 9.09. The van der Waals surface area contributed by atoms with Gasteiger partial charge in [-0.2, -0.15) is 0 Å². The Labute approximate surface area is 172 Å². The van der Waals surface area contributed by atoms with Crippen molar-refractivity contribution in [3.8, 4) is 5.75 Å². The third-order valence-corrected chi connectivity index (χ3v) is 5.50. The number of carbonyl (C=O) groups is 1. The van der Waals surface area contributed by atoms with Crippen LogP contribution < -0.4 is 20.8 Å². The minimum atomic E-state index is -1.33.